The van der Waals surface area contributed by atoms with E-state index in [0.717, 1.165) is 12.8 Å². The summed E-state index contributed by atoms with van der Waals surface area (Å²) in [5.41, 5.74) is 0. The largest absolute Gasteiger partial charge is 0.396 e. The number of aliphatic hydroxyl groups is 1. The molecule has 0 spiro atoms. The normalized spacial score (nSPS) is 19.2. The monoisotopic (exact) mass is 345 g/mol. The maximum absolute atomic E-state index is 12.2. The predicted molar refractivity (Wildman–Crippen MR) is 84.5 cm³/mol. The highest BCUT2D eigenvalue weighted by Gasteiger charge is 2.24. The van der Waals surface area contributed by atoms with Crippen LogP contribution in [0.5, 0.6) is 0 Å². The van der Waals surface area contributed by atoms with Crippen LogP contribution in [0.1, 0.15) is 19.3 Å². The molecule has 0 bridgehead atoms. The number of halogens is 1. The molecular formula is C15H20ClNO4S. The van der Waals surface area contributed by atoms with Crippen LogP contribution in [0, 0.1) is 5.92 Å². The maximum Gasteiger partial charge on any atom is 0.223 e. The van der Waals surface area contributed by atoms with Crippen molar-refractivity contribution in [2.24, 2.45) is 5.92 Å². The molecule has 1 unspecified atom stereocenters. The van der Waals surface area contributed by atoms with Gasteiger partial charge in [-0.3, -0.25) is 4.79 Å². The first-order valence-electron chi connectivity index (χ1n) is 7.29. The average molecular weight is 346 g/mol. The van der Waals surface area contributed by atoms with Crippen molar-refractivity contribution in [3.63, 3.8) is 0 Å². The van der Waals surface area contributed by atoms with Crippen molar-refractivity contribution in [2.45, 2.75) is 24.2 Å². The quantitative estimate of drug-likeness (QED) is 0.882. The number of amides is 1. The van der Waals surface area contributed by atoms with Crippen LogP contribution in [-0.2, 0) is 14.6 Å². The van der Waals surface area contributed by atoms with E-state index in [2.05, 4.69) is 0 Å². The number of carbonyl (C=O) groups is 1. The zero-order valence-corrected chi connectivity index (χ0v) is 13.8. The Bertz CT molecular complexity index is 632. The lowest BCUT2D eigenvalue weighted by Crippen LogP contribution is -2.41. The number of piperidine rings is 1. The van der Waals surface area contributed by atoms with E-state index in [9.17, 15) is 18.3 Å². The molecule has 1 atom stereocenters. The van der Waals surface area contributed by atoms with Crippen LogP contribution < -0.4 is 0 Å². The summed E-state index contributed by atoms with van der Waals surface area (Å²) in [6.45, 7) is 1.20. The standard InChI is InChI=1S/C15H20ClNO4S/c16-13-4-1-5-14(9-13)22(20,21)8-6-15(19)17-7-2-3-12(10-17)11-18/h1,4-5,9,12,18H,2-3,6-8,10-11H2. The van der Waals surface area contributed by atoms with Crippen LogP contribution in [0.3, 0.4) is 0 Å². The van der Waals surface area contributed by atoms with Crippen LogP contribution in [0.2, 0.25) is 5.02 Å². The number of hydrogen-bond acceptors (Lipinski definition) is 4. The topological polar surface area (TPSA) is 74.7 Å². The maximum atomic E-state index is 12.2. The summed E-state index contributed by atoms with van der Waals surface area (Å²) in [5.74, 6) is -0.307. The third kappa shape index (κ3) is 4.44. The lowest BCUT2D eigenvalue weighted by Gasteiger charge is -2.31. The molecule has 1 heterocycles. The fraction of sp³-hybridized carbons (Fsp3) is 0.533. The Labute approximate surface area is 135 Å². The molecule has 0 aromatic heterocycles. The zero-order valence-electron chi connectivity index (χ0n) is 12.2. The first-order chi connectivity index (χ1) is 10.4. The minimum atomic E-state index is -3.52. The highest BCUT2D eigenvalue weighted by atomic mass is 35.5. The Balaban J connectivity index is 1.95. The van der Waals surface area contributed by atoms with Crippen molar-refractivity contribution in [1.82, 2.24) is 4.90 Å². The number of carbonyl (C=O) groups excluding carboxylic acids is 1. The molecule has 1 amide bonds. The molecule has 5 nitrogen and oxygen atoms in total. The number of aliphatic hydroxyl groups excluding tert-OH is 1. The summed E-state index contributed by atoms with van der Waals surface area (Å²) in [6.07, 6.45) is 1.70. The summed E-state index contributed by atoms with van der Waals surface area (Å²) < 4.78 is 24.4. The molecule has 1 N–H and O–H groups in total. The molecule has 1 saturated heterocycles. The first-order valence-corrected chi connectivity index (χ1v) is 9.32. The molecule has 1 aromatic carbocycles. The van der Waals surface area contributed by atoms with E-state index in [-0.39, 0.29) is 35.5 Å². The van der Waals surface area contributed by atoms with Gasteiger partial charge in [-0.1, -0.05) is 17.7 Å². The highest BCUT2D eigenvalue weighted by Crippen LogP contribution is 2.19. The molecule has 0 saturated carbocycles. The van der Waals surface area contributed by atoms with Crippen molar-refractivity contribution in [3.8, 4) is 0 Å². The van der Waals surface area contributed by atoms with E-state index in [1.165, 1.54) is 12.1 Å². The molecule has 0 aliphatic carbocycles. The van der Waals surface area contributed by atoms with E-state index < -0.39 is 9.84 Å². The molecule has 2 rings (SSSR count). The Morgan fingerprint density at radius 3 is 2.86 bits per heavy atom. The molecule has 1 aliphatic heterocycles. The molecule has 7 heteroatoms. The number of sulfone groups is 1. The molecule has 1 aromatic rings. The Kier molecular flexibility index (Phi) is 5.83. The van der Waals surface area contributed by atoms with E-state index >= 15 is 0 Å². The molecule has 22 heavy (non-hydrogen) atoms. The second-order valence-electron chi connectivity index (χ2n) is 5.56. The van der Waals surface area contributed by atoms with Crippen molar-refractivity contribution in [1.29, 1.82) is 0 Å². The summed E-state index contributed by atoms with van der Waals surface area (Å²) in [5, 5.41) is 9.53. The third-order valence-corrected chi connectivity index (χ3v) is 5.82. The van der Waals surface area contributed by atoms with Crippen LogP contribution in [0.15, 0.2) is 29.2 Å². The molecular weight excluding hydrogens is 326 g/mol. The van der Waals surface area contributed by atoms with Crippen molar-refractivity contribution < 1.29 is 18.3 Å². The van der Waals surface area contributed by atoms with Crippen LogP contribution in [0.4, 0.5) is 0 Å². The van der Waals surface area contributed by atoms with Gasteiger partial charge in [-0.2, -0.15) is 0 Å². The van der Waals surface area contributed by atoms with Gasteiger partial charge in [-0.15, -0.1) is 0 Å². The van der Waals surface area contributed by atoms with E-state index in [1.54, 1.807) is 17.0 Å². The Hall–Kier alpha value is -1.11. The van der Waals surface area contributed by atoms with Gasteiger partial charge in [0.15, 0.2) is 9.84 Å². The van der Waals surface area contributed by atoms with Gasteiger partial charge in [0.2, 0.25) is 5.91 Å². The fourth-order valence-corrected chi connectivity index (χ4v) is 4.13. The smallest absolute Gasteiger partial charge is 0.223 e. The third-order valence-electron chi connectivity index (χ3n) is 3.87. The first kappa shape index (κ1) is 17.2. The molecule has 122 valence electrons. The number of likely N-dealkylation sites (tertiary alicyclic amines) is 1. The summed E-state index contributed by atoms with van der Waals surface area (Å²) in [7, 11) is -3.52. The van der Waals surface area contributed by atoms with Gasteiger partial charge in [-0.25, -0.2) is 8.42 Å². The number of hydrogen-bond donors (Lipinski definition) is 1. The van der Waals surface area contributed by atoms with Crippen molar-refractivity contribution in [2.75, 3.05) is 25.4 Å². The van der Waals surface area contributed by atoms with Gasteiger partial charge in [-0.05, 0) is 37.0 Å². The number of benzene rings is 1. The van der Waals surface area contributed by atoms with Gasteiger partial charge < -0.3 is 10.0 Å². The van der Waals surface area contributed by atoms with Crippen LogP contribution >= 0.6 is 11.6 Å². The zero-order chi connectivity index (χ0) is 16.2. The minimum Gasteiger partial charge on any atom is -0.396 e. The summed E-state index contributed by atoms with van der Waals surface area (Å²) in [4.78, 5) is 13.9. The van der Waals surface area contributed by atoms with E-state index in [4.69, 9.17) is 11.6 Å². The lowest BCUT2D eigenvalue weighted by atomic mass is 9.99. The minimum absolute atomic E-state index is 0.0486. The predicted octanol–water partition coefficient (Wildman–Crippen LogP) is 1.73. The Morgan fingerprint density at radius 2 is 2.18 bits per heavy atom. The molecule has 0 radical (unpaired) electrons. The van der Waals surface area contributed by atoms with Crippen LogP contribution in [-0.4, -0.2) is 49.8 Å². The summed E-state index contributed by atoms with van der Waals surface area (Å²) in [6, 6.07) is 6.06. The number of rotatable bonds is 5. The van der Waals surface area contributed by atoms with Gasteiger partial charge in [0, 0.05) is 31.1 Å². The molecule has 1 fully saturated rings. The van der Waals surface area contributed by atoms with Crippen molar-refractivity contribution >= 4 is 27.3 Å². The second-order valence-corrected chi connectivity index (χ2v) is 8.10. The number of nitrogens with zero attached hydrogens (tertiary/aromatic N) is 1. The SMILES string of the molecule is O=C(CCS(=O)(=O)c1cccc(Cl)c1)N1CCCC(CO)C1. The van der Waals surface area contributed by atoms with E-state index in [0.29, 0.717) is 18.1 Å². The Morgan fingerprint density at radius 1 is 1.41 bits per heavy atom. The van der Waals surface area contributed by atoms with Gasteiger partial charge in [0.25, 0.3) is 0 Å². The fourth-order valence-electron chi connectivity index (χ4n) is 2.60. The van der Waals surface area contributed by atoms with Gasteiger partial charge in [0.05, 0.1) is 10.6 Å². The summed E-state index contributed by atoms with van der Waals surface area (Å²) >= 11 is 5.80. The second kappa shape index (κ2) is 7.44. The lowest BCUT2D eigenvalue weighted by molar-refractivity contribution is -0.132. The van der Waals surface area contributed by atoms with Gasteiger partial charge >= 0.3 is 0 Å². The van der Waals surface area contributed by atoms with Gasteiger partial charge in [0.1, 0.15) is 0 Å². The van der Waals surface area contributed by atoms with E-state index in [1.807, 2.05) is 0 Å². The highest BCUT2D eigenvalue weighted by molar-refractivity contribution is 7.91. The average Bonchev–Trinajstić information content (AvgIpc) is 2.52. The van der Waals surface area contributed by atoms with Crippen LogP contribution in [0.25, 0.3) is 0 Å². The molecule has 1 aliphatic rings. The van der Waals surface area contributed by atoms with Crippen molar-refractivity contribution in [3.05, 3.63) is 29.3 Å².